The van der Waals surface area contributed by atoms with Gasteiger partial charge in [0, 0.05) is 34.1 Å². The number of benzene rings is 2. The molecule has 41 heavy (non-hydrogen) atoms. The van der Waals surface area contributed by atoms with Gasteiger partial charge in [-0.15, -0.1) is 0 Å². The minimum Gasteiger partial charge on any atom is -0.507 e. The standard InChI is InChI=1S/C31H26FN3O6/c1-3-31(40)20-9-23-26-18(11-35(23)29(38)19(20)12-41-30(31)39)24-15(16-5-4-6-17(27(16)36)28(33)37)8-7-14-13(2)21(32)10-22(34-26)25(14)24/h4-6,9-10,15,36,40H,3,7-8,11-12H2,1-2H3,(H2,33,37)/t15-,31+/m1/s1. The zero-order chi connectivity index (χ0) is 29.0. The summed E-state index contributed by atoms with van der Waals surface area (Å²) < 4.78 is 21.9. The molecule has 208 valence electrons. The Kier molecular flexibility index (Phi) is 5.25. The highest BCUT2D eigenvalue weighted by molar-refractivity contribution is 5.97. The van der Waals surface area contributed by atoms with Crippen LogP contribution in [0, 0.1) is 12.7 Å². The molecule has 0 bridgehead atoms. The number of hydrogen-bond donors (Lipinski definition) is 3. The molecule has 0 spiro atoms. The number of ether oxygens (including phenoxy) is 1. The number of cyclic esters (lactones) is 1. The van der Waals surface area contributed by atoms with E-state index < -0.39 is 34.8 Å². The van der Waals surface area contributed by atoms with E-state index >= 15 is 4.39 Å². The molecule has 10 heteroatoms. The number of para-hydroxylation sites is 1. The number of aryl methyl sites for hydroxylation is 1. The SMILES string of the molecule is CC[C@@]1(O)C(=O)OCc2c1cc1n(c2=O)Cc2c-1nc1cc(F)c(C)c3c1c2[C@@H](c1cccc(C(N)=O)c1O)CC3. The third-order valence-corrected chi connectivity index (χ3v) is 9.09. The minimum atomic E-state index is -1.98. The Hall–Kier alpha value is -4.57. The summed E-state index contributed by atoms with van der Waals surface area (Å²) >= 11 is 0. The van der Waals surface area contributed by atoms with Crippen LogP contribution in [0.2, 0.25) is 0 Å². The molecule has 2 aromatic heterocycles. The second-order valence-corrected chi connectivity index (χ2v) is 11.0. The van der Waals surface area contributed by atoms with Crippen molar-refractivity contribution in [2.24, 2.45) is 5.73 Å². The number of esters is 1. The lowest BCUT2D eigenvalue weighted by atomic mass is 9.75. The van der Waals surface area contributed by atoms with Gasteiger partial charge in [0.25, 0.3) is 11.5 Å². The Balaban J connectivity index is 1.56. The van der Waals surface area contributed by atoms with E-state index in [2.05, 4.69) is 0 Å². The largest absolute Gasteiger partial charge is 0.507 e. The van der Waals surface area contributed by atoms with E-state index in [4.69, 9.17) is 15.5 Å². The van der Waals surface area contributed by atoms with Gasteiger partial charge in [-0.25, -0.2) is 14.2 Å². The van der Waals surface area contributed by atoms with Gasteiger partial charge in [-0.2, -0.15) is 0 Å². The second kappa shape index (κ2) is 8.47. The first-order valence-corrected chi connectivity index (χ1v) is 13.5. The highest BCUT2D eigenvalue weighted by Crippen LogP contribution is 2.50. The van der Waals surface area contributed by atoms with E-state index in [1.165, 1.54) is 16.7 Å². The fraction of sp³-hybridized carbons (Fsp3) is 0.290. The Morgan fingerprint density at radius 2 is 2.02 bits per heavy atom. The highest BCUT2D eigenvalue weighted by atomic mass is 19.1. The first kappa shape index (κ1) is 25.4. The second-order valence-electron chi connectivity index (χ2n) is 11.0. The van der Waals surface area contributed by atoms with Gasteiger partial charge in [-0.05, 0) is 55.0 Å². The van der Waals surface area contributed by atoms with Crippen molar-refractivity contribution in [3.63, 3.8) is 0 Å². The number of aromatic hydroxyl groups is 1. The Morgan fingerprint density at radius 1 is 1.24 bits per heavy atom. The number of hydrogen-bond acceptors (Lipinski definition) is 7. The van der Waals surface area contributed by atoms with Gasteiger partial charge in [0.05, 0.1) is 34.6 Å². The van der Waals surface area contributed by atoms with E-state index in [0.717, 1.165) is 22.1 Å². The zero-order valence-corrected chi connectivity index (χ0v) is 22.4. The molecule has 0 radical (unpaired) electrons. The summed E-state index contributed by atoms with van der Waals surface area (Å²) in [6, 6.07) is 7.85. The van der Waals surface area contributed by atoms with Gasteiger partial charge in [0.2, 0.25) is 0 Å². The lowest BCUT2D eigenvalue weighted by molar-refractivity contribution is -0.172. The third kappa shape index (κ3) is 3.25. The maximum Gasteiger partial charge on any atom is 0.343 e. The molecule has 4 N–H and O–H groups in total. The van der Waals surface area contributed by atoms with Crippen LogP contribution < -0.4 is 11.3 Å². The van der Waals surface area contributed by atoms with E-state index in [9.17, 15) is 24.6 Å². The van der Waals surface area contributed by atoms with Gasteiger partial charge >= 0.3 is 5.97 Å². The molecule has 2 aliphatic heterocycles. The van der Waals surface area contributed by atoms with Crippen LogP contribution in [0.25, 0.3) is 22.3 Å². The molecule has 0 fully saturated rings. The monoisotopic (exact) mass is 555 g/mol. The maximum atomic E-state index is 15.1. The number of nitrogens with zero attached hydrogens (tertiary/aromatic N) is 2. The van der Waals surface area contributed by atoms with Crippen molar-refractivity contribution in [2.45, 2.75) is 57.8 Å². The normalized spacial score (nSPS) is 20.4. The van der Waals surface area contributed by atoms with Crippen LogP contribution in [0.4, 0.5) is 4.39 Å². The van der Waals surface area contributed by atoms with Crippen molar-refractivity contribution < 1.29 is 28.9 Å². The predicted octanol–water partition coefficient (Wildman–Crippen LogP) is 3.41. The first-order valence-electron chi connectivity index (χ1n) is 13.5. The van der Waals surface area contributed by atoms with Crippen molar-refractivity contribution in [1.82, 2.24) is 9.55 Å². The first-order chi connectivity index (χ1) is 19.6. The summed E-state index contributed by atoms with van der Waals surface area (Å²) in [6.07, 6.45) is 1.04. The number of primary amides is 1. The molecule has 4 aromatic rings. The van der Waals surface area contributed by atoms with E-state index in [-0.39, 0.29) is 42.0 Å². The molecule has 9 nitrogen and oxygen atoms in total. The summed E-state index contributed by atoms with van der Waals surface area (Å²) in [6.45, 7) is 3.26. The highest BCUT2D eigenvalue weighted by Gasteiger charge is 2.46. The van der Waals surface area contributed by atoms with Crippen LogP contribution in [0.1, 0.15) is 75.0 Å². The van der Waals surface area contributed by atoms with Crippen molar-refractivity contribution in [3.05, 3.63) is 91.0 Å². The number of nitrogens with two attached hydrogens (primary N) is 1. The fourth-order valence-electron chi connectivity index (χ4n) is 6.91. The number of aliphatic hydroxyl groups is 1. The Morgan fingerprint density at radius 3 is 2.76 bits per heavy atom. The number of amides is 1. The van der Waals surface area contributed by atoms with Crippen LogP contribution >= 0.6 is 0 Å². The molecule has 0 unspecified atom stereocenters. The quantitative estimate of drug-likeness (QED) is 0.289. The van der Waals surface area contributed by atoms with Crippen LogP contribution in [0.5, 0.6) is 5.75 Å². The van der Waals surface area contributed by atoms with Gasteiger partial charge in [0.1, 0.15) is 18.2 Å². The van der Waals surface area contributed by atoms with E-state index in [0.29, 0.717) is 40.9 Å². The topological polar surface area (TPSA) is 145 Å². The number of aromatic nitrogens is 2. The smallest absolute Gasteiger partial charge is 0.343 e. The number of carbonyl (C=O) groups excluding carboxylic acids is 2. The Bertz CT molecular complexity index is 1950. The summed E-state index contributed by atoms with van der Waals surface area (Å²) in [5.41, 5.74) is 8.15. The molecule has 4 heterocycles. The minimum absolute atomic E-state index is 0.00114. The maximum absolute atomic E-state index is 15.1. The summed E-state index contributed by atoms with van der Waals surface area (Å²) in [5.74, 6) is -2.58. The summed E-state index contributed by atoms with van der Waals surface area (Å²) in [7, 11) is 0. The van der Waals surface area contributed by atoms with Crippen molar-refractivity contribution in [1.29, 1.82) is 0 Å². The van der Waals surface area contributed by atoms with Crippen LogP contribution in [-0.4, -0.2) is 31.6 Å². The number of fused-ring (bicyclic) bond motifs is 5. The van der Waals surface area contributed by atoms with Crippen LogP contribution in [0.3, 0.4) is 0 Å². The van der Waals surface area contributed by atoms with E-state index in [1.807, 2.05) is 0 Å². The number of halogens is 1. The molecule has 3 aliphatic rings. The molecule has 0 saturated carbocycles. The average Bonchev–Trinajstić information content (AvgIpc) is 3.32. The average molecular weight is 556 g/mol. The number of phenols is 1. The molecule has 7 rings (SSSR count). The lowest BCUT2D eigenvalue weighted by Gasteiger charge is -2.31. The third-order valence-electron chi connectivity index (χ3n) is 9.09. The lowest BCUT2D eigenvalue weighted by Crippen LogP contribution is -2.44. The Labute approximate surface area is 233 Å². The van der Waals surface area contributed by atoms with Crippen molar-refractivity contribution in [2.75, 3.05) is 0 Å². The predicted molar refractivity (Wildman–Crippen MR) is 146 cm³/mol. The fourth-order valence-corrected chi connectivity index (χ4v) is 6.91. The van der Waals surface area contributed by atoms with Crippen LogP contribution in [-0.2, 0) is 34.7 Å². The van der Waals surface area contributed by atoms with Gasteiger partial charge in [0.15, 0.2) is 5.60 Å². The molecule has 1 amide bonds. The number of pyridine rings is 2. The van der Waals surface area contributed by atoms with Crippen molar-refractivity contribution >= 4 is 22.8 Å². The molecule has 2 atom stereocenters. The van der Waals surface area contributed by atoms with Gasteiger partial charge in [-0.1, -0.05) is 19.1 Å². The zero-order valence-electron chi connectivity index (χ0n) is 22.4. The van der Waals surface area contributed by atoms with Crippen LogP contribution in [0.15, 0.2) is 35.1 Å². The molecular formula is C31H26FN3O6. The number of rotatable bonds is 3. The molecule has 1 aliphatic carbocycles. The van der Waals surface area contributed by atoms with Crippen molar-refractivity contribution in [3.8, 4) is 17.1 Å². The van der Waals surface area contributed by atoms with Gasteiger partial charge in [-0.3, -0.25) is 9.59 Å². The van der Waals surface area contributed by atoms with Gasteiger partial charge < -0.3 is 25.3 Å². The van der Waals surface area contributed by atoms with E-state index in [1.54, 1.807) is 32.0 Å². The molecule has 0 saturated heterocycles. The summed E-state index contributed by atoms with van der Waals surface area (Å²) in [5, 5.41) is 23.1. The number of carbonyl (C=O) groups is 2. The molecular weight excluding hydrogens is 529 g/mol. The molecule has 2 aromatic carbocycles. The summed E-state index contributed by atoms with van der Waals surface area (Å²) in [4.78, 5) is 43.2.